The lowest BCUT2D eigenvalue weighted by Gasteiger charge is -2.16. The van der Waals surface area contributed by atoms with Crippen molar-refractivity contribution < 1.29 is 4.74 Å². The molecule has 0 radical (unpaired) electrons. The number of hydrogen-bond acceptors (Lipinski definition) is 1. The molecule has 0 saturated carbocycles. The van der Waals surface area contributed by atoms with Crippen LogP contribution in [0, 0.1) is 5.92 Å². The summed E-state index contributed by atoms with van der Waals surface area (Å²) in [5.74, 6) is 0.750. The zero-order valence-electron chi connectivity index (χ0n) is 14.9. The van der Waals surface area contributed by atoms with Crippen molar-refractivity contribution in [2.24, 2.45) is 5.92 Å². The first-order valence-corrected chi connectivity index (χ1v) is 9.57. The molecule has 0 aliphatic carbocycles. The Hall–Kier alpha value is -0.460. The van der Waals surface area contributed by atoms with Gasteiger partial charge in [0.2, 0.25) is 0 Å². The average Bonchev–Trinajstić information content (AvgIpc) is 2.50. The van der Waals surface area contributed by atoms with E-state index in [1.54, 1.807) is 6.26 Å². The first-order chi connectivity index (χ1) is 10.3. The minimum atomic E-state index is 0.750. The van der Waals surface area contributed by atoms with Crippen molar-refractivity contribution in [2.45, 2.75) is 104 Å². The third-order valence-corrected chi connectivity index (χ3v) is 4.38. The molecule has 0 rings (SSSR count). The maximum atomic E-state index is 5.44. The van der Waals surface area contributed by atoms with Gasteiger partial charge in [-0.3, -0.25) is 0 Å². The van der Waals surface area contributed by atoms with Crippen molar-refractivity contribution in [2.75, 3.05) is 6.61 Å². The Morgan fingerprint density at radius 3 is 1.62 bits per heavy atom. The fraction of sp³-hybridized carbons (Fsp3) is 0.900. The van der Waals surface area contributed by atoms with E-state index in [-0.39, 0.29) is 0 Å². The first kappa shape index (κ1) is 20.5. The van der Waals surface area contributed by atoms with E-state index in [4.69, 9.17) is 4.74 Å². The molecule has 0 saturated heterocycles. The summed E-state index contributed by atoms with van der Waals surface area (Å²) in [6, 6.07) is 0. The van der Waals surface area contributed by atoms with Crippen LogP contribution >= 0.6 is 0 Å². The Morgan fingerprint density at radius 1 is 0.714 bits per heavy atom. The van der Waals surface area contributed by atoms with Crippen LogP contribution in [0.15, 0.2) is 12.8 Å². The van der Waals surface area contributed by atoms with E-state index < -0.39 is 0 Å². The summed E-state index contributed by atoms with van der Waals surface area (Å²) in [5.41, 5.74) is 0. The summed E-state index contributed by atoms with van der Waals surface area (Å²) in [7, 11) is 0. The van der Waals surface area contributed by atoms with E-state index in [1.807, 2.05) is 0 Å². The molecular weight excluding hydrogens is 256 g/mol. The second-order valence-corrected chi connectivity index (χ2v) is 6.48. The van der Waals surface area contributed by atoms with Gasteiger partial charge >= 0.3 is 0 Å². The summed E-state index contributed by atoms with van der Waals surface area (Å²) in [5, 5.41) is 0. The van der Waals surface area contributed by atoms with Gasteiger partial charge in [0.1, 0.15) is 0 Å². The van der Waals surface area contributed by atoms with Crippen molar-refractivity contribution >= 4 is 0 Å². The molecule has 0 aromatic carbocycles. The third kappa shape index (κ3) is 15.7. The van der Waals surface area contributed by atoms with Crippen LogP contribution in [-0.2, 0) is 4.74 Å². The molecule has 0 aliphatic rings. The smallest absolute Gasteiger partial charge is 0.0901 e. The van der Waals surface area contributed by atoms with E-state index in [2.05, 4.69) is 20.4 Å². The number of rotatable bonds is 17. The van der Waals surface area contributed by atoms with Gasteiger partial charge in [-0.25, -0.2) is 0 Å². The van der Waals surface area contributed by atoms with Crippen LogP contribution in [0.3, 0.4) is 0 Å². The molecule has 0 bridgehead atoms. The molecule has 0 spiro atoms. The molecule has 0 aliphatic heterocycles. The van der Waals surface area contributed by atoms with Crippen molar-refractivity contribution in [1.29, 1.82) is 0 Å². The van der Waals surface area contributed by atoms with E-state index in [0.29, 0.717) is 0 Å². The van der Waals surface area contributed by atoms with Crippen LogP contribution in [-0.4, -0.2) is 6.61 Å². The SMILES string of the molecule is C=COCC(CCCCCC)CCCCCCCCCC. The molecule has 1 heteroatoms. The van der Waals surface area contributed by atoms with Crippen LogP contribution < -0.4 is 0 Å². The molecule has 1 nitrogen and oxygen atoms in total. The summed E-state index contributed by atoms with van der Waals surface area (Å²) in [6.45, 7) is 9.11. The molecule has 0 N–H and O–H groups in total. The fourth-order valence-electron chi connectivity index (χ4n) is 2.94. The topological polar surface area (TPSA) is 9.23 Å². The van der Waals surface area contributed by atoms with Crippen LogP contribution in [0.2, 0.25) is 0 Å². The third-order valence-electron chi connectivity index (χ3n) is 4.38. The van der Waals surface area contributed by atoms with Gasteiger partial charge in [0.25, 0.3) is 0 Å². The molecule has 0 aromatic rings. The molecule has 1 atom stereocenters. The Kier molecular flexibility index (Phi) is 17.2. The van der Waals surface area contributed by atoms with Gasteiger partial charge in [0, 0.05) is 0 Å². The number of ether oxygens (including phenoxy) is 1. The minimum absolute atomic E-state index is 0.750. The van der Waals surface area contributed by atoms with Gasteiger partial charge in [-0.2, -0.15) is 0 Å². The lowest BCUT2D eigenvalue weighted by molar-refractivity contribution is 0.177. The standard InChI is InChI=1S/C20H40O/c1-4-7-9-11-12-13-14-16-18-20(19-21-6-3)17-15-10-8-5-2/h6,20H,3-5,7-19H2,1-2H3. The molecule has 126 valence electrons. The number of unbranched alkanes of at least 4 members (excludes halogenated alkanes) is 10. The molecule has 1 unspecified atom stereocenters. The molecule has 0 amide bonds. The van der Waals surface area contributed by atoms with Crippen molar-refractivity contribution in [3.63, 3.8) is 0 Å². The highest BCUT2D eigenvalue weighted by molar-refractivity contribution is 4.62. The van der Waals surface area contributed by atoms with E-state index in [1.165, 1.54) is 89.9 Å². The lowest BCUT2D eigenvalue weighted by Crippen LogP contribution is -2.08. The monoisotopic (exact) mass is 296 g/mol. The van der Waals surface area contributed by atoms with Crippen LogP contribution in [0.25, 0.3) is 0 Å². The molecule has 0 aromatic heterocycles. The Balaban J connectivity index is 3.53. The van der Waals surface area contributed by atoms with Gasteiger partial charge in [-0.15, -0.1) is 0 Å². The van der Waals surface area contributed by atoms with Crippen LogP contribution in [0.5, 0.6) is 0 Å². The summed E-state index contributed by atoms with van der Waals surface area (Å²) in [4.78, 5) is 0. The highest BCUT2D eigenvalue weighted by atomic mass is 16.5. The zero-order chi connectivity index (χ0) is 15.6. The predicted molar refractivity (Wildman–Crippen MR) is 95.6 cm³/mol. The van der Waals surface area contributed by atoms with Gasteiger partial charge in [-0.05, 0) is 18.8 Å². The lowest BCUT2D eigenvalue weighted by atomic mass is 9.95. The van der Waals surface area contributed by atoms with Crippen molar-refractivity contribution in [1.82, 2.24) is 0 Å². The van der Waals surface area contributed by atoms with E-state index >= 15 is 0 Å². The van der Waals surface area contributed by atoms with Crippen molar-refractivity contribution in [3.8, 4) is 0 Å². The maximum Gasteiger partial charge on any atom is 0.0901 e. The Bertz CT molecular complexity index is 200. The molecule has 0 fully saturated rings. The van der Waals surface area contributed by atoms with Crippen LogP contribution in [0.1, 0.15) is 104 Å². The second kappa shape index (κ2) is 17.6. The fourth-order valence-corrected chi connectivity index (χ4v) is 2.94. The highest BCUT2D eigenvalue weighted by Gasteiger charge is 2.08. The van der Waals surface area contributed by atoms with Gasteiger partial charge in [0.15, 0.2) is 0 Å². The maximum absolute atomic E-state index is 5.44. The Labute approximate surface area is 134 Å². The van der Waals surface area contributed by atoms with Crippen molar-refractivity contribution in [3.05, 3.63) is 12.8 Å². The van der Waals surface area contributed by atoms with Gasteiger partial charge < -0.3 is 4.74 Å². The summed E-state index contributed by atoms with van der Waals surface area (Å²) >= 11 is 0. The van der Waals surface area contributed by atoms with E-state index in [0.717, 1.165) is 12.5 Å². The molecular formula is C20H40O. The van der Waals surface area contributed by atoms with E-state index in [9.17, 15) is 0 Å². The van der Waals surface area contributed by atoms with Gasteiger partial charge in [0.05, 0.1) is 12.9 Å². The molecule has 21 heavy (non-hydrogen) atoms. The summed E-state index contributed by atoms with van der Waals surface area (Å²) < 4.78 is 5.44. The number of hydrogen-bond donors (Lipinski definition) is 0. The minimum Gasteiger partial charge on any atom is -0.502 e. The molecule has 0 heterocycles. The quantitative estimate of drug-likeness (QED) is 0.203. The van der Waals surface area contributed by atoms with Crippen LogP contribution in [0.4, 0.5) is 0 Å². The summed E-state index contributed by atoms with van der Waals surface area (Å²) in [6.07, 6.45) is 21.0. The largest absolute Gasteiger partial charge is 0.502 e. The highest BCUT2D eigenvalue weighted by Crippen LogP contribution is 2.19. The second-order valence-electron chi connectivity index (χ2n) is 6.48. The normalized spacial score (nSPS) is 12.3. The predicted octanol–water partition coefficient (Wildman–Crippen LogP) is 7.26. The zero-order valence-corrected chi connectivity index (χ0v) is 14.9. The average molecular weight is 297 g/mol. The van der Waals surface area contributed by atoms with Gasteiger partial charge in [-0.1, -0.05) is 97.5 Å². The Morgan fingerprint density at radius 2 is 1.14 bits per heavy atom. The first-order valence-electron chi connectivity index (χ1n) is 9.57.